The number of halogens is 1. The van der Waals surface area contributed by atoms with Crippen LogP contribution in [0.5, 0.6) is 5.75 Å². The molecule has 0 bridgehead atoms. The highest BCUT2D eigenvalue weighted by atomic mass is 35.5. The topological polar surface area (TPSA) is 96.0 Å². The number of nitrogens with one attached hydrogen (secondary N) is 1. The van der Waals surface area contributed by atoms with Gasteiger partial charge in [0.15, 0.2) is 0 Å². The minimum absolute atomic E-state index is 0.102. The average molecular weight is 352 g/mol. The quantitative estimate of drug-likeness (QED) is 0.473. The number of rotatable bonds is 6. The fourth-order valence-electron chi connectivity index (χ4n) is 2.07. The Kier molecular flexibility index (Phi) is 5.20. The number of anilines is 1. The van der Waals surface area contributed by atoms with Gasteiger partial charge in [0, 0.05) is 12.2 Å². The first-order chi connectivity index (χ1) is 11.4. The zero-order valence-electron chi connectivity index (χ0n) is 12.7. The molecule has 1 aliphatic rings. The van der Waals surface area contributed by atoms with Crippen LogP contribution >= 0.6 is 11.6 Å². The second-order valence-corrected chi connectivity index (χ2v) is 5.18. The maximum atomic E-state index is 12.0. The zero-order valence-corrected chi connectivity index (χ0v) is 13.5. The number of amides is 5. The van der Waals surface area contributed by atoms with Crippen molar-refractivity contribution in [2.75, 3.05) is 25.5 Å². The Morgan fingerprint density at radius 3 is 2.54 bits per heavy atom. The van der Waals surface area contributed by atoms with Crippen LogP contribution in [0.4, 0.5) is 10.5 Å². The van der Waals surface area contributed by atoms with E-state index in [2.05, 4.69) is 11.9 Å². The molecule has 0 atom stereocenters. The van der Waals surface area contributed by atoms with Gasteiger partial charge in [-0.3, -0.25) is 19.3 Å². The number of benzene rings is 1. The third-order valence-corrected chi connectivity index (χ3v) is 3.48. The lowest BCUT2D eigenvalue weighted by molar-refractivity contribution is -0.143. The van der Waals surface area contributed by atoms with Crippen molar-refractivity contribution in [1.82, 2.24) is 9.80 Å². The standard InChI is InChI=1S/C15H14ClN3O5/c1-3-6-18-13(21)14(22)19(15(18)23)8-12(20)17-9-4-5-11(24-2)10(16)7-9/h3-5,7H,1,6,8H2,2H3,(H,17,20). The van der Waals surface area contributed by atoms with E-state index in [4.69, 9.17) is 16.3 Å². The molecule has 0 spiro atoms. The monoisotopic (exact) mass is 351 g/mol. The van der Waals surface area contributed by atoms with E-state index in [0.717, 1.165) is 0 Å². The van der Waals surface area contributed by atoms with Gasteiger partial charge in [-0.25, -0.2) is 9.69 Å². The summed E-state index contributed by atoms with van der Waals surface area (Å²) in [6, 6.07) is 3.71. The minimum atomic E-state index is -1.05. The van der Waals surface area contributed by atoms with Crippen LogP contribution in [0.25, 0.3) is 0 Å². The molecule has 0 aliphatic carbocycles. The number of carbonyl (C=O) groups is 4. The predicted octanol–water partition coefficient (Wildman–Crippen LogP) is 1.26. The molecule has 0 saturated carbocycles. The van der Waals surface area contributed by atoms with Crippen molar-refractivity contribution in [3.05, 3.63) is 35.9 Å². The van der Waals surface area contributed by atoms with Crippen LogP contribution in [-0.2, 0) is 14.4 Å². The number of imide groups is 2. The van der Waals surface area contributed by atoms with Gasteiger partial charge in [-0.2, -0.15) is 0 Å². The molecule has 0 aromatic heterocycles. The van der Waals surface area contributed by atoms with Crippen molar-refractivity contribution < 1.29 is 23.9 Å². The SMILES string of the molecule is C=CCN1C(=O)C(=O)N(CC(=O)Nc2ccc(OC)c(Cl)c2)C1=O. The van der Waals surface area contributed by atoms with Gasteiger partial charge >= 0.3 is 17.8 Å². The van der Waals surface area contributed by atoms with Crippen molar-refractivity contribution >= 4 is 41.0 Å². The van der Waals surface area contributed by atoms with Gasteiger partial charge in [0.1, 0.15) is 12.3 Å². The Bertz CT molecular complexity index is 734. The van der Waals surface area contributed by atoms with E-state index < -0.39 is 30.3 Å². The van der Waals surface area contributed by atoms with Crippen LogP contribution in [0.1, 0.15) is 0 Å². The van der Waals surface area contributed by atoms with Crippen molar-refractivity contribution in [1.29, 1.82) is 0 Å². The number of urea groups is 1. The van der Waals surface area contributed by atoms with Crippen molar-refractivity contribution in [3.63, 3.8) is 0 Å². The summed E-state index contributed by atoms with van der Waals surface area (Å²) in [5.41, 5.74) is 0.360. The first kappa shape index (κ1) is 17.5. The Morgan fingerprint density at radius 1 is 1.29 bits per heavy atom. The molecule has 1 fully saturated rings. The first-order valence-corrected chi connectivity index (χ1v) is 7.18. The number of hydrogen-bond donors (Lipinski definition) is 1. The summed E-state index contributed by atoms with van der Waals surface area (Å²) in [6.45, 7) is 2.72. The number of carbonyl (C=O) groups excluding carboxylic acids is 4. The predicted molar refractivity (Wildman–Crippen MR) is 85.7 cm³/mol. The summed E-state index contributed by atoms with van der Waals surface area (Å²) in [4.78, 5) is 48.8. The normalized spacial score (nSPS) is 14.2. The van der Waals surface area contributed by atoms with E-state index in [9.17, 15) is 19.2 Å². The van der Waals surface area contributed by atoms with Crippen LogP contribution in [0, 0.1) is 0 Å². The molecule has 1 aliphatic heterocycles. The van der Waals surface area contributed by atoms with Crippen molar-refractivity contribution in [2.24, 2.45) is 0 Å². The van der Waals surface area contributed by atoms with E-state index in [1.807, 2.05) is 0 Å². The lowest BCUT2D eigenvalue weighted by Crippen LogP contribution is -2.39. The summed E-state index contributed by atoms with van der Waals surface area (Å²) in [6.07, 6.45) is 1.31. The minimum Gasteiger partial charge on any atom is -0.495 e. The van der Waals surface area contributed by atoms with Crippen LogP contribution in [-0.4, -0.2) is 53.8 Å². The molecule has 1 N–H and O–H groups in total. The van der Waals surface area contributed by atoms with Crippen molar-refractivity contribution in [2.45, 2.75) is 0 Å². The molecule has 0 unspecified atom stereocenters. The molecule has 0 radical (unpaired) electrons. The molecular weight excluding hydrogens is 338 g/mol. The summed E-state index contributed by atoms with van der Waals surface area (Å²) < 4.78 is 4.99. The molecule has 1 aromatic rings. The second kappa shape index (κ2) is 7.14. The molecule has 126 valence electrons. The molecular formula is C15H14ClN3O5. The van der Waals surface area contributed by atoms with Crippen molar-refractivity contribution in [3.8, 4) is 5.75 Å². The number of hydrogen-bond acceptors (Lipinski definition) is 5. The molecule has 1 heterocycles. The van der Waals surface area contributed by atoms with Gasteiger partial charge in [-0.15, -0.1) is 6.58 Å². The van der Waals surface area contributed by atoms with Gasteiger partial charge in [-0.05, 0) is 18.2 Å². The van der Waals surface area contributed by atoms with Crippen LogP contribution < -0.4 is 10.1 Å². The van der Waals surface area contributed by atoms with Crippen LogP contribution in [0.2, 0.25) is 5.02 Å². The Balaban J connectivity index is 2.05. The first-order valence-electron chi connectivity index (χ1n) is 6.80. The lowest BCUT2D eigenvalue weighted by Gasteiger charge is -2.14. The largest absolute Gasteiger partial charge is 0.495 e. The Morgan fingerprint density at radius 2 is 1.96 bits per heavy atom. The highest BCUT2D eigenvalue weighted by Gasteiger charge is 2.44. The fourth-order valence-corrected chi connectivity index (χ4v) is 2.33. The molecule has 5 amide bonds. The number of ether oxygens (including phenoxy) is 1. The number of methoxy groups -OCH3 is 1. The fraction of sp³-hybridized carbons (Fsp3) is 0.200. The maximum absolute atomic E-state index is 12.0. The van der Waals surface area contributed by atoms with E-state index in [1.54, 1.807) is 12.1 Å². The van der Waals surface area contributed by atoms with Gasteiger partial charge in [-0.1, -0.05) is 17.7 Å². The average Bonchev–Trinajstić information content (AvgIpc) is 2.73. The molecule has 8 nitrogen and oxygen atoms in total. The molecule has 1 aromatic carbocycles. The second-order valence-electron chi connectivity index (χ2n) is 4.78. The Labute approximate surface area is 142 Å². The smallest absolute Gasteiger partial charge is 0.335 e. The third kappa shape index (κ3) is 3.38. The van der Waals surface area contributed by atoms with Gasteiger partial charge in [0.2, 0.25) is 5.91 Å². The van der Waals surface area contributed by atoms with E-state index in [1.165, 1.54) is 19.3 Å². The number of nitrogens with zero attached hydrogens (tertiary/aromatic N) is 2. The summed E-state index contributed by atoms with van der Waals surface area (Å²) in [7, 11) is 1.45. The highest BCUT2D eigenvalue weighted by Crippen LogP contribution is 2.27. The van der Waals surface area contributed by atoms with Gasteiger partial charge in [0.05, 0.1) is 12.1 Å². The summed E-state index contributed by atoms with van der Waals surface area (Å²) in [5.74, 6) is -2.25. The molecule has 1 saturated heterocycles. The highest BCUT2D eigenvalue weighted by molar-refractivity contribution is 6.45. The van der Waals surface area contributed by atoms with Crippen LogP contribution in [0.15, 0.2) is 30.9 Å². The Hall–Kier alpha value is -2.87. The maximum Gasteiger partial charge on any atom is 0.335 e. The summed E-state index contributed by atoms with van der Waals surface area (Å²) in [5, 5.41) is 2.78. The lowest BCUT2D eigenvalue weighted by atomic mass is 10.3. The van der Waals surface area contributed by atoms with Crippen LogP contribution in [0.3, 0.4) is 0 Å². The van der Waals surface area contributed by atoms with E-state index in [0.29, 0.717) is 21.2 Å². The van der Waals surface area contributed by atoms with E-state index >= 15 is 0 Å². The van der Waals surface area contributed by atoms with Gasteiger partial charge < -0.3 is 10.1 Å². The van der Waals surface area contributed by atoms with Gasteiger partial charge in [0.25, 0.3) is 0 Å². The molecule has 2 rings (SSSR count). The third-order valence-electron chi connectivity index (χ3n) is 3.18. The van der Waals surface area contributed by atoms with E-state index in [-0.39, 0.29) is 11.6 Å². The molecule has 24 heavy (non-hydrogen) atoms. The zero-order chi connectivity index (χ0) is 17.9. The molecule has 9 heteroatoms. The summed E-state index contributed by atoms with van der Waals surface area (Å²) >= 11 is 5.95.